The highest BCUT2D eigenvalue weighted by molar-refractivity contribution is 5.67. The molecule has 0 radical (unpaired) electrons. The number of carbonyl (C=O) groups excluding carboxylic acids is 1. The van der Waals surface area contributed by atoms with Crippen LogP contribution < -0.4 is 5.32 Å². The minimum Gasteiger partial charge on any atom is -0.447 e. The molecule has 4 heteroatoms. The van der Waals surface area contributed by atoms with Crippen molar-refractivity contribution in [3.05, 3.63) is 0 Å². The maximum absolute atomic E-state index is 11.6. The lowest BCUT2D eigenvalue weighted by molar-refractivity contribution is 0.0627. The first-order valence-corrected chi connectivity index (χ1v) is 5.73. The zero-order valence-corrected chi connectivity index (χ0v) is 9.95. The van der Waals surface area contributed by atoms with Gasteiger partial charge >= 0.3 is 6.09 Å². The second-order valence-electron chi connectivity index (χ2n) is 4.44. The number of hydrogen-bond acceptors (Lipinski definition) is 3. The number of hydrogen-bond donors (Lipinski definition) is 1. The third-order valence-electron chi connectivity index (χ3n) is 2.61. The molecule has 4 nitrogen and oxygen atoms in total. The summed E-state index contributed by atoms with van der Waals surface area (Å²) in [5.74, 6) is 0.573. The number of ether oxygens (including phenoxy) is 1. The van der Waals surface area contributed by atoms with E-state index in [9.17, 15) is 4.79 Å². The number of carbonyl (C=O) groups is 1. The zero-order valence-electron chi connectivity index (χ0n) is 9.95. The molecule has 1 unspecified atom stereocenters. The van der Waals surface area contributed by atoms with E-state index in [2.05, 4.69) is 5.32 Å². The summed E-state index contributed by atoms with van der Waals surface area (Å²) >= 11 is 0. The summed E-state index contributed by atoms with van der Waals surface area (Å²) in [6.07, 6.45) is 2.10. The van der Waals surface area contributed by atoms with Crippen LogP contribution in [0.2, 0.25) is 0 Å². The first kappa shape index (κ1) is 12.3. The van der Waals surface area contributed by atoms with Crippen molar-refractivity contribution in [1.82, 2.24) is 10.2 Å². The highest BCUT2D eigenvalue weighted by Crippen LogP contribution is 2.16. The minimum absolute atomic E-state index is 0.0258. The molecular formula is C11H22N2O2. The first-order valence-electron chi connectivity index (χ1n) is 5.73. The molecule has 1 heterocycles. The lowest BCUT2D eigenvalue weighted by Gasteiger charge is -2.32. The van der Waals surface area contributed by atoms with Crippen molar-refractivity contribution >= 4 is 6.09 Å². The normalized spacial score (nSPS) is 21.9. The van der Waals surface area contributed by atoms with Gasteiger partial charge in [-0.3, -0.25) is 0 Å². The van der Waals surface area contributed by atoms with Gasteiger partial charge in [-0.1, -0.05) is 0 Å². The number of rotatable bonds is 3. The Labute approximate surface area is 92.0 Å². The van der Waals surface area contributed by atoms with Crippen LogP contribution in [0.15, 0.2) is 0 Å². The molecule has 1 aliphatic heterocycles. The molecule has 1 atom stereocenters. The van der Waals surface area contributed by atoms with Crippen LogP contribution in [-0.2, 0) is 4.74 Å². The molecular weight excluding hydrogens is 192 g/mol. The van der Waals surface area contributed by atoms with Crippen LogP contribution in [0.1, 0.15) is 26.7 Å². The van der Waals surface area contributed by atoms with Crippen molar-refractivity contribution in [3.63, 3.8) is 0 Å². The molecule has 0 aliphatic carbocycles. The Balaban J connectivity index is 2.38. The second kappa shape index (κ2) is 5.95. The maximum atomic E-state index is 11.6. The molecule has 1 fully saturated rings. The predicted octanol–water partition coefficient (Wildman–Crippen LogP) is 1.46. The summed E-state index contributed by atoms with van der Waals surface area (Å²) in [6, 6.07) is 0. The van der Waals surface area contributed by atoms with Crippen LogP contribution in [0.4, 0.5) is 4.79 Å². The zero-order chi connectivity index (χ0) is 11.3. The van der Waals surface area contributed by atoms with Gasteiger partial charge < -0.3 is 15.0 Å². The Morgan fingerprint density at radius 1 is 1.60 bits per heavy atom. The highest BCUT2D eigenvalue weighted by Gasteiger charge is 2.24. The molecule has 0 spiro atoms. The van der Waals surface area contributed by atoms with E-state index >= 15 is 0 Å². The van der Waals surface area contributed by atoms with Crippen molar-refractivity contribution < 1.29 is 9.53 Å². The number of likely N-dealkylation sites (tertiary alicyclic amines) is 1. The molecule has 0 saturated carbocycles. The van der Waals surface area contributed by atoms with Crippen LogP contribution in [0.25, 0.3) is 0 Å². The van der Waals surface area contributed by atoms with Crippen molar-refractivity contribution in [2.75, 3.05) is 26.7 Å². The fraction of sp³-hybridized carbons (Fsp3) is 0.909. The summed E-state index contributed by atoms with van der Waals surface area (Å²) in [5.41, 5.74) is 0. The quantitative estimate of drug-likeness (QED) is 0.773. The summed E-state index contributed by atoms with van der Waals surface area (Å²) in [4.78, 5) is 13.5. The van der Waals surface area contributed by atoms with E-state index in [1.807, 2.05) is 25.8 Å². The van der Waals surface area contributed by atoms with E-state index in [-0.39, 0.29) is 12.2 Å². The fourth-order valence-electron chi connectivity index (χ4n) is 1.96. The molecule has 1 N–H and O–H groups in total. The van der Waals surface area contributed by atoms with E-state index in [0.717, 1.165) is 26.1 Å². The van der Waals surface area contributed by atoms with Gasteiger partial charge in [-0.25, -0.2) is 4.79 Å². The van der Waals surface area contributed by atoms with Crippen LogP contribution >= 0.6 is 0 Å². The fourth-order valence-corrected chi connectivity index (χ4v) is 1.96. The molecule has 1 saturated heterocycles. The Hall–Kier alpha value is -0.770. The van der Waals surface area contributed by atoms with E-state index in [4.69, 9.17) is 4.74 Å². The molecule has 88 valence electrons. The van der Waals surface area contributed by atoms with Crippen molar-refractivity contribution in [3.8, 4) is 0 Å². The van der Waals surface area contributed by atoms with Gasteiger partial charge in [0, 0.05) is 13.1 Å². The van der Waals surface area contributed by atoms with Crippen molar-refractivity contribution in [2.24, 2.45) is 5.92 Å². The van der Waals surface area contributed by atoms with Crippen LogP contribution in [0, 0.1) is 5.92 Å². The Morgan fingerprint density at radius 3 is 2.93 bits per heavy atom. The number of piperidine rings is 1. The van der Waals surface area contributed by atoms with Crippen LogP contribution in [-0.4, -0.2) is 43.8 Å². The lowest BCUT2D eigenvalue weighted by atomic mass is 9.98. The number of nitrogens with one attached hydrogen (secondary N) is 1. The predicted molar refractivity (Wildman–Crippen MR) is 59.8 cm³/mol. The molecule has 1 amide bonds. The lowest BCUT2D eigenvalue weighted by Crippen LogP contribution is -2.43. The van der Waals surface area contributed by atoms with Gasteiger partial charge in [0.15, 0.2) is 0 Å². The average molecular weight is 214 g/mol. The average Bonchev–Trinajstić information content (AvgIpc) is 2.17. The van der Waals surface area contributed by atoms with Gasteiger partial charge in [0.2, 0.25) is 0 Å². The largest absolute Gasteiger partial charge is 0.447 e. The highest BCUT2D eigenvalue weighted by atomic mass is 16.6. The molecule has 15 heavy (non-hydrogen) atoms. The topological polar surface area (TPSA) is 41.6 Å². The maximum Gasteiger partial charge on any atom is 0.410 e. The minimum atomic E-state index is -0.161. The Kier molecular flexibility index (Phi) is 4.88. The summed E-state index contributed by atoms with van der Waals surface area (Å²) in [5, 5.41) is 3.16. The van der Waals surface area contributed by atoms with Crippen molar-refractivity contribution in [1.29, 1.82) is 0 Å². The standard InChI is InChI=1S/C11H22N2O2/c1-9(2)15-11(14)13-6-4-5-10(8-13)7-12-3/h9-10,12H,4-8H2,1-3H3. The summed E-state index contributed by atoms with van der Waals surface area (Å²) in [7, 11) is 1.95. The monoisotopic (exact) mass is 214 g/mol. The number of nitrogens with zero attached hydrogens (tertiary/aromatic N) is 1. The van der Waals surface area contributed by atoms with Crippen molar-refractivity contribution in [2.45, 2.75) is 32.8 Å². The van der Waals surface area contributed by atoms with Gasteiger partial charge in [0.25, 0.3) is 0 Å². The first-order chi connectivity index (χ1) is 7.13. The van der Waals surface area contributed by atoms with Crippen LogP contribution in [0.3, 0.4) is 0 Å². The second-order valence-corrected chi connectivity index (χ2v) is 4.44. The van der Waals surface area contributed by atoms with Gasteiger partial charge in [-0.2, -0.15) is 0 Å². The van der Waals surface area contributed by atoms with Gasteiger partial charge in [0.05, 0.1) is 6.10 Å². The molecule has 1 aliphatic rings. The Morgan fingerprint density at radius 2 is 2.33 bits per heavy atom. The summed E-state index contributed by atoms with van der Waals surface area (Å²) < 4.78 is 5.18. The van der Waals surface area contributed by atoms with E-state index < -0.39 is 0 Å². The number of amides is 1. The summed E-state index contributed by atoms with van der Waals surface area (Å²) in [6.45, 7) is 6.41. The SMILES string of the molecule is CNCC1CCCN(C(=O)OC(C)C)C1. The third kappa shape index (κ3) is 4.08. The molecule has 0 aromatic heterocycles. The molecule has 0 aromatic carbocycles. The molecule has 0 aromatic rings. The van der Waals surface area contributed by atoms with E-state index in [1.165, 1.54) is 6.42 Å². The third-order valence-corrected chi connectivity index (χ3v) is 2.61. The smallest absolute Gasteiger partial charge is 0.410 e. The van der Waals surface area contributed by atoms with E-state index in [1.54, 1.807) is 0 Å². The Bertz CT molecular complexity index is 205. The molecule has 1 rings (SSSR count). The van der Waals surface area contributed by atoms with E-state index in [0.29, 0.717) is 5.92 Å². The van der Waals surface area contributed by atoms with Gasteiger partial charge in [0.1, 0.15) is 0 Å². The van der Waals surface area contributed by atoms with Gasteiger partial charge in [-0.15, -0.1) is 0 Å². The molecule has 0 bridgehead atoms. The van der Waals surface area contributed by atoms with Crippen LogP contribution in [0.5, 0.6) is 0 Å². The van der Waals surface area contributed by atoms with Gasteiger partial charge in [-0.05, 0) is 46.2 Å².